The number of nitrogens with zero attached hydrogens (tertiary/aromatic N) is 3. The first-order chi connectivity index (χ1) is 7.91. The van der Waals surface area contributed by atoms with Crippen molar-refractivity contribution in [2.75, 3.05) is 0 Å². The van der Waals surface area contributed by atoms with Crippen LogP contribution in [0, 0.1) is 13.8 Å². The van der Waals surface area contributed by atoms with Crippen LogP contribution in [0.4, 0.5) is 0 Å². The van der Waals surface area contributed by atoms with E-state index in [2.05, 4.69) is 10.1 Å². The molecule has 0 fully saturated rings. The van der Waals surface area contributed by atoms with E-state index in [4.69, 9.17) is 5.14 Å². The molecule has 0 aliphatic carbocycles. The average Bonchev–Trinajstić information content (AvgIpc) is 2.54. The molecule has 0 saturated heterocycles. The van der Waals surface area contributed by atoms with Gasteiger partial charge in [0, 0.05) is 6.20 Å². The molecular weight excluding hydrogens is 240 g/mol. The highest BCUT2D eigenvalue weighted by Gasteiger charge is 2.21. The van der Waals surface area contributed by atoms with Crippen LogP contribution in [0.25, 0.3) is 5.82 Å². The fraction of sp³-hybridized carbons (Fsp3) is 0.200. The normalized spacial score (nSPS) is 11.7. The first-order valence-electron chi connectivity index (χ1n) is 4.91. The fourth-order valence-electron chi connectivity index (χ4n) is 1.74. The Labute approximate surface area is 99.1 Å². The van der Waals surface area contributed by atoms with E-state index < -0.39 is 10.0 Å². The smallest absolute Gasteiger partial charge is 0.237 e. The van der Waals surface area contributed by atoms with Crippen molar-refractivity contribution in [1.82, 2.24) is 14.8 Å². The molecule has 17 heavy (non-hydrogen) atoms. The van der Waals surface area contributed by atoms with Crippen LogP contribution in [-0.4, -0.2) is 23.2 Å². The van der Waals surface area contributed by atoms with E-state index in [1.165, 1.54) is 4.68 Å². The van der Waals surface area contributed by atoms with Gasteiger partial charge in [-0.15, -0.1) is 0 Å². The van der Waals surface area contributed by atoms with Crippen molar-refractivity contribution in [2.24, 2.45) is 5.14 Å². The van der Waals surface area contributed by atoms with Gasteiger partial charge >= 0.3 is 0 Å². The van der Waals surface area contributed by atoms with E-state index in [0.717, 1.165) is 0 Å². The van der Waals surface area contributed by atoms with E-state index in [-0.39, 0.29) is 4.90 Å². The van der Waals surface area contributed by atoms with Crippen LogP contribution in [0.15, 0.2) is 29.3 Å². The summed E-state index contributed by atoms with van der Waals surface area (Å²) in [6.07, 6.45) is 1.61. The summed E-state index contributed by atoms with van der Waals surface area (Å²) in [7, 11) is -3.76. The maximum atomic E-state index is 11.4. The lowest BCUT2D eigenvalue weighted by Crippen LogP contribution is -2.14. The van der Waals surface area contributed by atoms with Crippen molar-refractivity contribution in [3.8, 4) is 5.82 Å². The van der Waals surface area contributed by atoms with Gasteiger partial charge in [-0.3, -0.25) is 0 Å². The minimum absolute atomic E-state index is 0.0585. The van der Waals surface area contributed by atoms with Crippen molar-refractivity contribution in [3.05, 3.63) is 35.8 Å². The third kappa shape index (κ3) is 2.06. The second kappa shape index (κ2) is 3.94. The third-order valence-electron chi connectivity index (χ3n) is 2.38. The van der Waals surface area contributed by atoms with Crippen LogP contribution in [0.5, 0.6) is 0 Å². The number of pyridine rings is 1. The second-order valence-corrected chi connectivity index (χ2v) is 5.14. The standard InChI is InChI=1S/C10H12N4O2S/c1-7-10(17(11,15)16)8(2)14(13-7)9-5-3-4-6-12-9/h3-6H,1-2H3,(H2,11,15,16). The molecule has 0 radical (unpaired) electrons. The summed E-state index contributed by atoms with van der Waals surface area (Å²) in [4.78, 5) is 4.17. The van der Waals surface area contributed by atoms with Gasteiger partial charge in [-0.05, 0) is 26.0 Å². The van der Waals surface area contributed by atoms with E-state index in [1.54, 1.807) is 38.2 Å². The van der Waals surface area contributed by atoms with Gasteiger partial charge in [0.15, 0.2) is 5.82 Å². The molecule has 7 heteroatoms. The predicted octanol–water partition coefficient (Wildman–Crippen LogP) is 0.532. The molecule has 0 aliphatic heterocycles. The zero-order valence-corrected chi connectivity index (χ0v) is 10.3. The molecule has 0 bridgehead atoms. The zero-order chi connectivity index (χ0) is 12.6. The quantitative estimate of drug-likeness (QED) is 0.844. The number of nitrogens with two attached hydrogens (primary N) is 1. The van der Waals surface area contributed by atoms with Gasteiger partial charge in [0.25, 0.3) is 0 Å². The number of hydrogen-bond acceptors (Lipinski definition) is 4. The van der Waals surface area contributed by atoms with Crippen LogP contribution in [0.1, 0.15) is 11.4 Å². The van der Waals surface area contributed by atoms with Crippen LogP contribution in [0.3, 0.4) is 0 Å². The highest BCUT2D eigenvalue weighted by atomic mass is 32.2. The summed E-state index contributed by atoms with van der Waals surface area (Å²) in [6.45, 7) is 3.25. The highest BCUT2D eigenvalue weighted by Crippen LogP contribution is 2.19. The molecule has 2 aromatic heterocycles. The van der Waals surface area contributed by atoms with E-state index >= 15 is 0 Å². The lowest BCUT2D eigenvalue weighted by atomic mass is 10.4. The zero-order valence-electron chi connectivity index (χ0n) is 9.45. The number of primary sulfonamides is 1. The van der Waals surface area contributed by atoms with E-state index in [9.17, 15) is 8.42 Å². The molecule has 0 aromatic carbocycles. The van der Waals surface area contributed by atoms with Crippen LogP contribution in [0.2, 0.25) is 0 Å². The first kappa shape index (κ1) is 11.7. The largest absolute Gasteiger partial charge is 0.241 e. The minimum Gasteiger partial charge on any atom is -0.237 e. The summed E-state index contributed by atoms with van der Waals surface area (Å²) < 4.78 is 24.3. The maximum absolute atomic E-state index is 11.4. The number of rotatable bonds is 2. The Balaban J connectivity index is 2.69. The average molecular weight is 252 g/mol. The SMILES string of the molecule is Cc1nn(-c2ccccn2)c(C)c1S(N)(=O)=O. The first-order valence-corrected chi connectivity index (χ1v) is 6.46. The molecule has 2 aromatic rings. The lowest BCUT2D eigenvalue weighted by Gasteiger charge is -2.02. The van der Waals surface area contributed by atoms with Gasteiger partial charge in [-0.1, -0.05) is 6.07 Å². The molecular formula is C10H12N4O2S. The van der Waals surface area contributed by atoms with Crippen molar-refractivity contribution < 1.29 is 8.42 Å². The van der Waals surface area contributed by atoms with Crippen molar-refractivity contribution in [1.29, 1.82) is 0 Å². The number of aryl methyl sites for hydroxylation is 1. The molecule has 0 spiro atoms. The van der Waals surface area contributed by atoms with Crippen molar-refractivity contribution >= 4 is 10.0 Å². The molecule has 0 atom stereocenters. The Kier molecular flexibility index (Phi) is 2.72. The van der Waals surface area contributed by atoms with Crippen molar-refractivity contribution in [2.45, 2.75) is 18.7 Å². The number of hydrogen-bond donors (Lipinski definition) is 1. The molecule has 2 rings (SSSR count). The molecule has 6 nitrogen and oxygen atoms in total. The molecule has 90 valence electrons. The highest BCUT2D eigenvalue weighted by molar-refractivity contribution is 7.89. The fourth-order valence-corrected chi connectivity index (χ4v) is 2.69. The van der Waals surface area contributed by atoms with Crippen LogP contribution in [-0.2, 0) is 10.0 Å². The van der Waals surface area contributed by atoms with E-state index in [0.29, 0.717) is 17.2 Å². The van der Waals surface area contributed by atoms with Crippen LogP contribution < -0.4 is 5.14 Å². The maximum Gasteiger partial charge on any atom is 0.241 e. The summed E-state index contributed by atoms with van der Waals surface area (Å²) in [5.41, 5.74) is 0.833. The van der Waals surface area contributed by atoms with Crippen LogP contribution >= 0.6 is 0 Å². The van der Waals surface area contributed by atoms with Gasteiger partial charge in [-0.25, -0.2) is 23.2 Å². The number of sulfonamides is 1. The topological polar surface area (TPSA) is 90.9 Å². The molecule has 0 aliphatic rings. The Morgan fingerprint density at radius 3 is 2.47 bits per heavy atom. The molecule has 2 N–H and O–H groups in total. The van der Waals surface area contributed by atoms with Gasteiger partial charge < -0.3 is 0 Å². The summed E-state index contributed by atoms with van der Waals surface area (Å²) in [6, 6.07) is 5.32. The third-order valence-corrected chi connectivity index (χ3v) is 3.54. The monoisotopic (exact) mass is 252 g/mol. The van der Waals surface area contributed by atoms with Gasteiger partial charge in [0.1, 0.15) is 4.90 Å². The summed E-state index contributed by atoms with van der Waals surface area (Å²) in [5, 5.41) is 9.29. The Morgan fingerprint density at radius 2 is 2.00 bits per heavy atom. The van der Waals surface area contributed by atoms with Gasteiger partial charge in [0.2, 0.25) is 10.0 Å². The number of aromatic nitrogens is 3. The molecule has 0 saturated carbocycles. The Hall–Kier alpha value is -1.73. The molecule has 0 unspecified atom stereocenters. The van der Waals surface area contributed by atoms with Gasteiger partial charge in [-0.2, -0.15) is 5.10 Å². The summed E-state index contributed by atoms with van der Waals surface area (Å²) >= 11 is 0. The predicted molar refractivity (Wildman–Crippen MR) is 62.2 cm³/mol. The Bertz CT molecular complexity index is 646. The molecule has 0 amide bonds. The Morgan fingerprint density at radius 1 is 1.29 bits per heavy atom. The minimum atomic E-state index is -3.76. The lowest BCUT2D eigenvalue weighted by molar-refractivity contribution is 0.596. The second-order valence-electron chi connectivity index (χ2n) is 3.64. The van der Waals surface area contributed by atoms with E-state index in [1.807, 2.05) is 0 Å². The summed E-state index contributed by atoms with van der Waals surface area (Å²) in [5.74, 6) is 0.558. The molecule has 2 heterocycles. The van der Waals surface area contributed by atoms with Gasteiger partial charge in [0.05, 0.1) is 11.4 Å². The van der Waals surface area contributed by atoms with Crippen molar-refractivity contribution in [3.63, 3.8) is 0 Å².